The molecule has 2 amide bonds. The molecule has 0 saturated heterocycles. The predicted octanol–water partition coefficient (Wildman–Crippen LogP) is 1.38. The zero-order valence-corrected chi connectivity index (χ0v) is 15.7. The molecule has 9 nitrogen and oxygen atoms in total. The lowest BCUT2D eigenvalue weighted by Gasteiger charge is -2.35. The molecule has 1 atom stereocenters. The van der Waals surface area contributed by atoms with Crippen LogP contribution in [0.2, 0.25) is 0 Å². The number of urea groups is 1. The minimum Gasteiger partial charge on any atom is -0.348 e. The number of aromatic amines is 1. The number of thioether (sulfide) groups is 1. The Morgan fingerprint density at radius 1 is 1.48 bits per heavy atom. The minimum atomic E-state index is -0.236. The van der Waals surface area contributed by atoms with Crippen LogP contribution in [0.25, 0.3) is 0 Å². The molecule has 0 radical (unpaired) electrons. The second kappa shape index (κ2) is 7.78. The molecule has 0 spiro atoms. The predicted molar refractivity (Wildman–Crippen MR) is 100 cm³/mol. The van der Waals surface area contributed by atoms with Gasteiger partial charge in [0.05, 0.1) is 12.0 Å². The number of carbonyl (C=O) groups is 1. The number of hydrogen-bond acceptors (Lipinski definition) is 6. The molecule has 0 saturated carbocycles. The van der Waals surface area contributed by atoms with Crippen molar-refractivity contribution in [1.82, 2.24) is 39.9 Å². The molecule has 0 bridgehead atoms. The molecule has 27 heavy (non-hydrogen) atoms. The largest absolute Gasteiger partial charge is 0.348 e. The second-order valence-corrected chi connectivity index (χ2v) is 7.27. The third-order valence-electron chi connectivity index (χ3n) is 4.47. The van der Waals surface area contributed by atoms with Gasteiger partial charge in [-0.3, -0.25) is 4.98 Å². The number of aromatic nitrogens is 6. The Morgan fingerprint density at radius 2 is 2.41 bits per heavy atom. The van der Waals surface area contributed by atoms with Crippen LogP contribution in [0.4, 0.5) is 4.79 Å². The van der Waals surface area contributed by atoms with Crippen LogP contribution in [0.3, 0.4) is 0 Å². The van der Waals surface area contributed by atoms with Gasteiger partial charge in [0.1, 0.15) is 12.4 Å². The van der Waals surface area contributed by atoms with Gasteiger partial charge in [0, 0.05) is 50.4 Å². The molecule has 4 heterocycles. The van der Waals surface area contributed by atoms with Crippen molar-refractivity contribution >= 4 is 17.8 Å². The summed E-state index contributed by atoms with van der Waals surface area (Å²) < 4.78 is 1.86. The summed E-state index contributed by atoms with van der Waals surface area (Å²) >= 11 is 1.56. The molecule has 1 aliphatic heterocycles. The number of nitrogens with one attached hydrogen (secondary N) is 2. The van der Waals surface area contributed by atoms with Gasteiger partial charge in [-0.15, -0.1) is 10.2 Å². The summed E-state index contributed by atoms with van der Waals surface area (Å²) in [5.74, 6) is 0.720. The Kier molecular flexibility index (Phi) is 5.05. The average molecular weight is 384 g/mol. The van der Waals surface area contributed by atoms with Gasteiger partial charge < -0.3 is 19.8 Å². The molecule has 10 heteroatoms. The average Bonchev–Trinajstić information content (AvgIpc) is 3.33. The summed E-state index contributed by atoms with van der Waals surface area (Å²) in [4.78, 5) is 26.5. The number of rotatable bonds is 5. The maximum Gasteiger partial charge on any atom is 0.318 e. The number of carbonyl (C=O) groups excluding carboxylic acids is 1. The summed E-state index contributed by atoms with van der Waals surface area (Å²) in [6.07, 6.45) is 7.62. The number of amides is 2. The van der Waals surface area contributed by atoms with Crippen molar-refractivity contribution in [1.29, 1.82) is 0 Å². The van der Waals surface area contributed by atoms with E-state index < -0.39 is 0 Å². The number of nitrogens with zero attached hydrogens (tertiary/aromatic N) is 6. The maximum absolute atomic E-state index is 12.9. The van der Waals surface area contributed by atoms with E-state index in [2.05, 4.69) is 30.5 Å². The lowest BCUT2D eigenvalue weighted by atomic mass is 9.97. The number of fused-ring (bicyclic) bond motifs is 1. The van der Waals surface area contributed by atoms with Crippen molar-refractivity contribution < 1.29 is 4.79 Å². The first-order valence-electron chi connectivity index (χ1n) is 8.67. The number of hydrogen-bond donors (Lipinski definition) is 2. The highest BCUT2D eigenvalue weighted by Crippen LogP contribution is 2.32. The molecule has 3 aromatic rings. The van der Waals surface area contributed by atoms with E-state index in [4.69, 9.17) is 0 Å². The molecule has 0 aliphatic carbocycles. The molecule has 4 rings (SSSR count). The maximum atomic E-state index is 12.9. The van der Waals surface area contributed by atoms with Crippen LogP contribution in [-0.4, -0.2) is 59.5 Å². The number of imidazole rings is 1. The van der Waals surface area contributed by atoms with Crippen molar-refractivity contribution in [2.45, 2.75) is 17.6 Å². The second-order valence-electron chi connectivity index (χ2n) is 6.20. The monoisotopic (exact) mass is 384 g/mol. The van der Waals surface area contributed by atoms with Crippen molar-refractivity contribution in [3.8, 4) is 0 Å². The van der Waals surface area contributed by atoms with E-state index in [0.717, 1.165) is 34.3 Å². The van der Waals surface area contributed by atoms with E-state index in [1.807, 2.05) is 28.6 Å². The zero-order chi connectivity index (χ0) is 18.6. The van der Waals surface area contributed by atoms with Crippen LogP contribution >= 0.6 is 11.8 Å². The van der Waals surface area contributed by atoms with Gasteiger partial charge in [0.15, 0.2) is 5.16 Å². The Bertz CT molecular complexity index is 909. The minimum absolute atomic E-state index is 0.101. The Balaban J connectivity index is 1.43. The molecule has 0 fully saturated rings. The summed E-state index contributed by atoms with van der Waals surface area (Å²) in [5.41, 5.74) is 2.91. The summed E-state index contributed by atoms with van der Waals surface area (Å²) in [7, 11) is 1.90. The number of aryl methyl sites for hydroxylation is 1. The van der Waals surface area contributed by atoms with Crippen LogP contribution in [-0.2, 0) is 13.5 Å². The Labute approximate surface area is 160 Å². The standard InChI is InChI=1S/C17H20N8OS/c1-24-11-22-23-17(24)27-8-6-19-16(26)25-7-4-13-14(21-10-20-13)15(25)12-3-2-5-18-9-12/h2-3,5,9-11,15H,4,6-8H2,1H3,(H,19,26)(H,20,21). The Hall–Kier alpha value is -2.88. The topological polar surface area (TPSA) is 105 Å². The quantitative estimate of drug-likeness (QED) is 0.509. The van der Waals surface area contributed by atoms with E-state index in [0.29, 0.717) is 13.1 Å². The molecular formula is C17H20N8OS. The zero-order valence-electron chi connectivity index (χ0n) is 14.9. The van der Waals surface area contributed by atoms with Crippen molar-refractivity contribution in [3.63, 3.8) is 0 Å². The third kappa shape index (κ3) is 3.65. The van der Waals surface area contributed by atoms with Crippen molar-refractivity contribution in [3.05, 3.63) is 54.1 Å². The molecule has 3 aromatic heterocycles. The van der Waals surface area contributed by atoms with Crippen LogP contribution < -0.4 is 5.32 Å². The van der Waals surface area contributed by atoms with Gasteiger partial charge >= 0.3 is 6.03 Å². The normalized spacial score (nSPS) is 16.2. The van der Waals surface area contributed by atoms with Gasteiger partial charge in [-0.1, -0.05) is 17.8 Å². The lowest BCUT2D eigenvalue weighted by molar-refractivity contribution is 0.179. The van der Waals surface area contributed by atoms with E-state index in [1.54, 1.807) is 36.8 Å². The van der Waals surface area contributed by atoms with E-state index in [1.165, 1.54) is 0 Å². The molecule has 1 aliphatic rings. The molecule has 2 N–H and O–H groups in total. The SMILES string of the molecule is Cn1cnnc1SCCNC(=O)N1CCc2[nH]cnc2C1c1cccnc1. The van der Waals surface area contributed by atoms with Crippen LogP contribution in [0.5, 0.6) is 0 Å². The van der Waals surface area contributed by atoms with E-state index >= 15 is 0 Å². The highest BCUT2D eigenvalue weighted by molar-refractivity contribution is 7.99. The molecule has 0 aromatic carbocycles. The molecular weight excluding hydrogens is 364 g/mol. The number of H-pyrrole nitrogens is 1. The van der Waals surface area contributed by atoms with E-state index in [-0.39, 0.29) is 12.1 Å². The van der Waals surface area contributed by atoms with Gasteiger partial charge in [-0.25, -0.2) is 9.78 Å². The van der Waals surface area contributed by atoms with Crippen LogP contribution in [0.1, 0.15) is 23.0 Å². The smallest absolute Gasteiger partial charge is 0.318 e. The first-order valence-corrected chi connectivity index (χ1v) is 9.66. The first-order chi connectivity index (χ1) is 13.2. The number of pyridine rings is 1. The van der Waals surface area contributed by atoms with Crippen LogP contribution in [0.15, 0.2) is 42.3 Å². The fourth-order valence-corrected chi connectivity index (χ4v) is 3.92. The van der Waals surface area contributed by atoms with Gasteiger partial charge in [-0.2, -0.15) is 0 Å². The van der Waals surface area contributed by atoms with Crippen molar-refractivity contribution in [2.24, 2.45) is 7.05 Å². The first kappa shape index (κ1) is 17.5. The highest BCUT2D eigenvalue weighted by Gasteiger charge is 2.34. The van der Waals surface area contributed by atoms with Crippen LogP contribution in [0, 0.1) is 0 Å². The van der Waals surface area contributed by atoms with Gasteiger partial charge in [-0.05, 0) is 11.6 Å². The van der Waals surface area contributed by atoms with E-state index in [9.17, 15) is 4.79 Å². The Morgan fingerprint density at radius 3 is 3.19 bits per heavy atom. The van der Waals surface area contributed by atoms with Crippen molar-refractivity contribution in [2.75, 3.05) is 18.8 Å². The summed E-state index contributed by atoms with van der Waals surface area (Å²) in [5, 5.41) is 11.7. The fourth-order valence-electron chi connectivity index (χ4n) is 3.18. The fraction of sp³-hybridized carbons (Fsp3) is 0.353. The molecule has 1 unspecified atom stereocenters. The highest BCUT2D eigenvalue weighted by atomic mass is 32.2. The van der Waals surface area contributed by atoms with Gasteiger partial charge in [0.2, 0.25) is 0 Å². The summed E-state index contributed by atoms with van der Waals surface area (Å²) in [6.45, 7) is 1.16. The molecule has 140 valence electrons. The van der Waals surface area contributed by atoms with Gasteiger partial charge in [0.25, 0.3) is 0 Å². The third-order valence-corrected chi connectivity index (χ3v) is 5.50. The summed E-state index contributed by atoms with van der Waals surface area (Å²) in [6, 6.07) is 3.52. The lowest BCUT2D eigenvalue weighted by Crippen LogP contribution is -2.46.